The standard InChI is InChI=1S/C26H30ClN5O7S2.ClH/c1-4-5-39-26(38)30-8-16(41-22-12(2)20-19(13(3)33)23(35)32(20)21(22)24(36)37)7-14(30)6-15-9-31-18(40-15)11-29(25(31)27)10-17(28)34;/h4,9,11-14,16,19-20,33H,1,5-8,10H2,2-3H3,(H2-,28,34,36,37);1H/t12-,13-,14-,16+,19-,20-;/m1./s1. The number of likely N-dealkylation sites (tertiary alicyclic amines) is 1. The number of nitrogens with two attached hydrogens (primary N) is 1. The quantitative estimate of drug-likeness (QED) is 0.160. The number of hydrogen-bond donors (Lipinski definition) is 3. The molecule has 3 amide bonds. The summed E-state index contributed by atoms with van der Waals surface area (Å²) in [6, 6.07) is -0.641. The van der Waals surface area contributed by atoms with E-state index < -0.39 is 36.0 Å². The number of fused-ring (bicyclic) bond motifs is 2. The fourth-order valence-electron chi connectivity index (χ4n) is 6.03. The second-order valence-corrected chi connectivity index (χ2v) is 13.3. The van der Waals surface area contributed by atoms with Gasteiger partial charge < -0.3 is 42.9 Å². The Morgan fingerprint density at radius 2 is 2.12 bits per heavy atom. The number of aliphatic hydroxyl groups excluding tert-OH is 1. The number of amides is 3. The van der Waals surface area contributed by atoms with Crippen LogP contribution < -0.4 is 22.7 Å². The van der Waals surface area contributed by atoms with Gasteiger partial charge in [0.15, 0.2) is 12.7 Å². The van der Waals surface area contributed by atoms with Crippen LogP contribution in [-0.4, -0.2) is 84.9 Å². The Kier molecular flexibility index (Phi) is 9.53. The number of nitrogens with zero attached hydrogens (tertiary/aromatic N) is 4. The minimum Gasteiger partial charge on any atom is -1.00 e. The fourth-order valence-corrected chi connectivity index (χ4v) is 9.01. The summed E-state index contributed by atoms with van der Waals surface area (Å²) in [5.74, 6) is -2.98. The van der Waals surface area contributed by atoms with Crippen LogP contribution in [0.25, 0.3) is 4.83 Å². The number of aliphatic hydroxyl groups is 1. The number of ether oxygens (including phenoxy) is 1. The summed E-state index contributed by atoms with van der Waals surface area (Å²) in [6.07, 6.45) is 4.81. The van der Waals surface area contributed by atoms with Gasteiger partial charge in [-0.25, -0.2) is 14.2 Å². The van der Waals surface area contributed by atoms with Gasteiger partial charge in [0.25, 0.3) is 5.91 Å². The lowest BCUT2D eigenvalue weighted by molar-refractivity contribution is -0.680. The summed E-state index contributed by atoms with van der Waals surface area (Å²) < 4.78 is 8.68. The molecule has 6 atom stereocenters. The molecule has 228 valence electrons. The monoisotopic (exact) mass is 659 g/mol. The molecule has 42 heavy (non-hydrogen) atoms. The Bertz CT molecular complexity index is 1470. The molecule has 0 bridgehead atoms. The maximum absolute atomic E-state index is 13.0. The number of rotatable bonds is 10. The number of hydrogen-bond acceptors (Lipinski definition) is 8. The third kappa shape index (κ3) is 5.62. The van der Waals surface area contributed by atoms with Gasteiger partial charge in [0.2, 0.25) is 10.7 Å². The highest BCUT2D eigenvalue weighted by molar-refractivity contribution is 8.03. The van der Waals surface area contributed by atoms with E-state index in [9.17, 15) is 29.4 Å². The van der Waals surface area contributed by atoms with E-state index in [-0.39, 0.29) is 54.4 Å². The normalized spacial score (nSPS) is 25.7. The van der Waals surface area contributed by atoms with Crippen LogP contribution >= 0.6 is 34.7 Å². The third-order valence-corrected chi connectivity index (χ3v) is 10.7. The summed E-state index contributed by atoms with van der Waals surface area (Å²) in [5, 5.41) is 20.3. The topological polar surface area (TPSA) is 159 Å². The molecule has 5 heterocycles. The van der Waals surface area contributed by atoms with E-state index in [1.165, 1.54) is 34.1 Å². The SMILES string of the molecule is C=CCOC(=O)N1C[C@@H](SC2=C(C(=O)O)N3C(=O)[C@H]([C@@H](C)O)[C@H]3[C@H]2C)C[C@H]1Cc1cn2c(Cl)[n+](CC(N)=O)cc2s1.[Cl-]. The number of primary amides is 1. The van der Waals surface area contributed by atoms with Gasteiger partial charge in [0.05, 0.1) is 22.9 Å². The first-order valence-electron chi connectivity index (χ1n) is 13.1. The van der Waals surface area contributed by atoms with Gasteiger partial charge in [-0.15, -0.1) is 11.8 Å². The average Bonchev–Trinajstić information content (AvgIpc) is 3.60. The minimum atomic E-state index is -1.18. The number of halogens is 2. The second-order valence-electron chi connectivity index (χ2n) is 10.5. The number of carbonyl (C=O) groups excluding carboxylic acids is 3. The highest BCUT2D eigenvalue weighted by atomic mass is 35.5. The van der Waals surface area contributed by atoms with Crippen molar-refractivity contribution in [3.63, 3.8) is 0 Å². The zero-order valence-electron chi connectivity index (χ0n) is 22.8. The van der Waals surface area contributed by atoms with Crippen molar-refractivity contribution in [2.24, 2.45) is 17.6 Å². The molecule has 5 rings (SSSR count). The summed E-state index contributed by atoms with van der Waals surface area (Å²) in [4.78, 5) is 54.6. The summed E-state index contributed by atoms with van der Waals surface area (Å²) in [6.45, 7) is 7.37. The van der Waals surface area contributed by atoms with Gasteiger partial charge in [0.1, 0.15) is 18.5 Å². The third-order valence-electron chi connectivity index (χ3n) is 7.75. The molecular weight excluding hydrogens is 629 g/mol. The van der Waals surface area contributed by atoms with Gasteiger partial charge in [-0.1, -0.05) is 30.9 Å². The van der Waals surface area contributed by atoms with Crippen LogP contribution in [0.3, 0.4) is 0 Å². The Labute approximate surface area is 261 Å². The molecule has 2 fully saturated rings. The number of thioether (sulfide) groups is 1. The van der Waals surface area contributed by atoms with E-state index in [4.69, 9.17) is 22.1 Å². The maximum Gasteiger partial charge on any atom is 0.410 e. The zero-order valence-corrected chi connectivity index (χ0v) is 26.0. The highest BCUT2D eigenvalue weighted by Gasteiger charge is 2.60. The van der Waals surface area contributed by atoms with Crippen molar-refractivity contribution in [1.82, 2.24) is 14.2 Å². The van der Waals surface area contributed by atoms with Gasteiger partial charge in [-0.05, 0) is 13.3 Å². The molecule has 2 saturated heterocycles. The Hall–Kier alpha value is -2.78. The Morgan fingerprint density at radius 1 is 1.40 bits per heavy atom. The summed E-state index contributed by atoms with van der Waals surface area (Å²) >= 11 is 9.30. The Morgan fingerprint density at radius 3 is 2.71 bits per heavy atom. The van der Waals surface area contributed by atoms with Crippen LogP contribution in [0.15, 0.2) is 35.7 Å². The smallest absolute Gasteiger partial charge is 0.410 e. The van der Waals surface area contributed by atoms with E-state index in [0.29, 0.717) is 29.6 Å². The maximum atomic E-state index is 13.0. The van der Waals surface area contributed by atoms with Gasteiger partial charge in [-0.2, -0.15) is 4.40 Å². The van der Waals surface area contributed by atoms with Crippen molar-refractivity contribution >= 4 is 63.4 Å². The number of β-lactam (4-membered cyclic amide) rings is 1. The molecule has 0 spiro atoms. The molecular formula is C26H31Cl2N5O7S2. The number of carboxylic acids is 1. The molecule has 4 N–H and O–H groups in total. The second kappa shape index (κ2) is 12.4. The van der Waals surface area contributed by atoms with Crippen LogP contribution in [0.2, 0.25) is 5.28 Å². The molecule has 12 nitrogen and oxygen atoms in total. The molecule has 0 saturated carbocycles. The number of carbonyl (C=O) groups is 4. The first-order chi connectivity index (χ1) is 19.4. The molecule has 0 aromatic carbocycles. The minimum absolute atomic E-state index is 0. The fraction of sp³-hybridized carbons (Fsp3) is 0.500. The lowest BCUT2D eigenvalue weighted by Crippen LogP contribution is -3.00. The number of aromatic nitrogens is 2. The molecule has 3 aliphatic heterocycles. The van der Waals surface area contributed by atoms with Crippen LogP contribution in [-0.2, 0) is 32.1 Å². The lowest BCUT2D eigenvalue weighted by Gasteiger charge is -2.46. The first kappa shape index (κ1) is 32.1. The number of aliphatic carboxylic acids is 1. The number of thiazole rings is 1. The van der Waals surface area contributed by atoms with Crippen molar-refractivity contribution in [3.05, 3.63) is 45.8 Å². The van der Waals surface area contributed by atoms with E-state index in [1.54, 1.807) is 27.0 Å². The van der Waals surface area contributed by atoms with E-state index in [1.807, 2.05) is 13.1 Å². The van der Waals surface area contributed by atoms with E-state index >= 15 is 0 Å². The molecule has 2 aromatic rings. The average molecular weight is 661 g/mol. The van der Waals surface area contributed by atoms with Crippen LogP contribution in [0.1, 0.15) is 25.1 Å². The van der Waals surface area contributed by atoms with Gasteiger partial charge in [0, 0.05) is 46.7 Å². The molecule has 2 aromatic heterocycles. The van der Waals surface area contributed by atoms with Crippen molar-refractivity contribution in [2.45, 2.75) is 56.7 Å². The van der Waals surface area contributed by atoms with E-state index in [2.05, 4.69) is 6.58 Å². The number of carboxylic acid groups (broad SMARTS) is 1. The molecule has 0 unspecified atom stereocenters. The molecule has 0 aliphatic carbocycles. The van der Waals surface area contributed by atoms with Gasteiger partial charge >= 0.3 is 17.3 Å². The first-order valence-corrected chi connectivity index (χ1v) is 15.2. The predicted molar refractivity (Wildman–Crippen MR) is 151 cm³/mol. The molecule has 16 heteroatoms. The molecule has 0 radical (unpaired) electrons. The van der Waals surface area contributed by atoms with Crippen LogP contribution in [0.5, 0.6) is 0 Å². The van der Waals surface area contributed by atoms with Crippen molar-refractivity contribution in [3.8, 4) is 0 Å². The summed E-state index contributed by atoms with van der Waals surface area (Å²) in [5.41, 5.74) is 5.27. The predicted octanol–water partition coefficient (Wildman–Crippen LogP) is -1.37. The lowest BCUT2D eigenvalue weighted by atomic mass is 9.79. The highest BCUT2D eigenvalue weighted by Crippen LogP contribution is 2.52. The van der Waals surface area contributed by atoms with E-state index in [0.717, 1.165) is 9.71 Å². The zero-order chi connectivity index (χ0) is 29.7. The van der Waals surface area contributed by atoms with Crippen molar-refractivity contribution in [1.29, 1.82) is 0 Å². The van der Waals surface area contributed by atoms with Crippen LogP contribution in [0.4, 0.5) is 4.79 Å². The summed E-state index contributed by atoms with van der Waals surface area (Å²) in [7, 11) is 0. The molecule has 3 aliphatic rings. The van der Waals surface area contributed by atoms with Crippen molar-refractivity contribution in [2.75, 3.05) is 13.2 Å². The number of imidazole rings is 1. The largest absolute Gasteiger partial charge is 1.00 e. The van der Waals surface area contributed by atoms with Crippen LogP contribution in [0, 0.1) is 11.8 Å². The Balaban J connectivity index is 0.00000405. The van der Waals surface area contributed by atoms with Gasteiger partial charge in [-0.3, -0.25) is 9.59 Å². The van der Waals surface area contributed by atoms with Crippen molar-refractivity contribution < 1.29 is 51.1 Å².